The van der Waals surface area contributed by atoms with Crippen LogP contribution in [0.3, 0.4) is 0 Å². The van der Waals surface area contributed by atoms with Gasteiger partial charge in [0, 0.05) is 26.2 Å². The molecule has 1 aliphatic rings. The lowest BCUT2D eigenvalue weighted by molar-refractivity contribution is 0.0662. The summed E-state index contributed by atoms with van der Waals surface area (Å²) < 4.78 is 1.86. The molecule has 0 bridgehead atoms. The number of carbonyl (C=O) groups excluding carboxylic acids is 1. The third kappa shape index (κ3) is 4.15. The first kappa shape index (κ1) is 20.2. The summed E-state index contributed by atoms with van der Waals surface area (Å²) in [5.41, 5.74) is 3.39. The molecule has 1 aromatic heterocycles. The van der Waals surface area contributed by atoms with Crippen LogP contribution in [0, 0.1) is 0 Å². The second-order valence-electron chi connectivity index (χ2n) is 6.98. The van der Waals surface area contributed by atoms with Crippen LogP contribution in [0.4, 0.5) is 0 Å². The first-order valence-corrected chi connectivity index (χ1v) is 10.3. The number of piperazine rings is 1. The molecule has 2 aromatic rings. The highest BCUT2D eigenvalue weighted by molar-refractivity contribution is 6.42. The van der Waals surface area contributed by atoms with Crippen molar-refractivity contribution in [3.63, 3.8) is 0 Å². The molecule has 146 valence electrons. The highest BCUT2D eigenvalue weighted by atomic mass is 35.5. The number of aryl methyl sites for hydroxylation is 1. The number of hydrogen-bond donors (Lipinski definition) is 0. The van der Waals surface area contributed by atoms with Crippen molar-refractivity contribution in [2.24, 2.45) is 0 Å². The van der Waals surface area contributed by atoms with E-state index in [1.54, 1.807) is 12.1 Å². The number of rotatable bonds is 5. The van der Waals surface area contributed by atoms with Crippen LogP contribution in [0.15, 0.2) is 18.2 Å². The molecule has 0 spiro atoms. The lowest BCUT2D eigenvalue weighted by atomic mass is 10.1. The minimum Gasteiger partial charge on any atom is -0.336 e. The fourth-order valence-corrected chi connectivity index (χ4v) is 3.78. The van der Waals surface area contributed by atoms with E-state index in [1.807, 2.05) is 15.6 Å². The summed E-state index contributed by atoms with van der Waals surface area (Å²) in [6.07, 6.45) is 2.42. The smallest absolute Gasteiger partial charge is 0.257 e. The molecule has 0 saturated carbocycles. The molecule has 0 aliphatic carbocycles. The zero-order valence-corrected chi connectivity index (χ0v) is 17.6. The van der Waals surface area contributed by atoms with E-state index < -0.39 is 0 Å². The van der Waals surface area contributed by atoms with Gasteiger partial charge >= 0.3 is 0 Å². The second kappa shape index (κ2) is 8.63. The largest absolute Gasteiger partial charge is 0.336 e. The molecule has 0 unspecified atom stereocenters. The molecular formula is C20H26Cl2N4O. The van der Waals surface area contributed by atoms with Gasteiger partial charge in [-0.1, -0.05) is 43.5 Å². The van der Waals surface area contributed by atoms with Gasteiger partial charge < -0.3 is 9.80 Å². The Kier molecular flexibility index (Phi) is 6.45. The highest BCUT2D eigenvalue weighted by Gasteiger charge is 2.28. The monoisotopic (exact) mass is 408 g/mol. The maximum absolute atomic E-state index is 13.4. The van der Waals surface area contributed by atoms with E-state index in [1.165, 1.54) is 0 Å². The van der Waals surface area contributed by atoms with Crippen LogP contribution in [0.2, 0.25) is 10.0 Å². The SMILES string of the molecule is CCCc1nn(-c2ccc(Cl)c(Cl)c2)c(CC)c1C(=O)N1CCN(C)CC1. The van der Waals surface area contributed by atoms with E-state index in [0.29, 0.717) is 16.5 Å². The Labute approximate surface area is 170 Å². The number of aromatic nitrogens is 2. The van der Waals surface area contributed by atoms with Crippen LogP contribution in [-0.4, -0.2) is 58.7 Å². The van der Waals surface area contributed by atoms with E-state index in [0.717, 1.165) is 61.7 Å². The highest BCUT2D eigenvalue weighted by Crippen LogP contribution is 2.28. The molecule has 0 radical (unpaired) electrons. The van der Waals surface area contributed by atoms with Crippen LogP contribution in [0.5, 0.6) is 0 Å². The fraction of sp³-hybridized carbons (Fsp3) is 0.500. The minimum atomic E-state index is 0.0923. The summed E-state index contributed by atoms with van der Waals surface area (Å²) in [5, 5.41) is 5.79. The number of hydrogen-bond acceptors (Lipinski definition) is 3. The molecule has 1 saturated heterocycles. The van der Waals surface area contributed by atoms with E-state index in [9.17, 15) is 4.79 Å². The molecule has 0 N–H and O–H groups in total. The molecule has 1 amide bonds. The van der Waals surface area contributed by atoms with E-state index in [-0.39, 0.29) is 5.91 Å². The zero-order chi connectivity index (χ0) is 19.6. The average molecular weight is 409 g/mol. The summed E-state index contributed by atoms with van der Waals surface area (Å²) in [7, 11) is 2.09. The quantitative estimate of drug-likeness (QED) is 0.747. The second-order valence-corrected chi connectivity index (χ2v) is 7.79. The van der Waals surface area contributed by atoms with Gasteiger partial charge in [0.05, 0.1) is 32.7 Å². The van der Waals surface area contributed by atoms with Crippen molar-refractivity contribution in [1.29, 1.82) is 0 Å². The van der Waals surface area contributed by atoms with Crippen molar-refractivity contribution in [2.45, 2.75) is 33.1 Å². The van der Waals surface area contributed by atoms with Gasteiger partial charge in [-0.25, -0.2) is 4.68 Å². The number of amides is 1. The molecule has 0 atom stereocenters. The fourth-order valence-electron chi connectivity index (χ4n) is 3.49. The van der Waals surface area contributed by atoms with Crippen LogP contribution in [0.1, 0.15) is 42.0 Å². The van der Waals surface area contributed by atoms with Gasteiger partial charge in [0.15, 0.2) is 0 Å². The molecule has 3 rings (SSSR count). The first-order valence-electron chi connectivity index (χ1n) is 9.50. The summed E-state index contributed by atoms with van der Waals surface area (Å²) in [6.45, 7) is 7.47. The number of nitrogens with zero attached hydrogens (tertiary/aromatic N) is 4. The topological polar surface area (TPSA) is 41.4 Å². The van der Waals surface area contributed by atoms with Crippen molar-refractivity contribution < 1.29 is 4.79 Å². The maximum Gasteiger partial charge on any atom is 0.257 e. The Balaban J connectivity index is 2.05. The number of carbonyl (C=O) groups is 1. The summed E-state index contributed by atoms with van der Waals surface area (Å²) in [4.78, 5) is 17.6. The van der Waals surface area contributed by atoms with Crippen LogP contribution >= 0.6 is 23.2 Å². The van der Waals surface area contributed by atoms with Crippen LogP contribution in [0.25, 0.3) is 5.69 Å². The normalized spacial score (nSPS) is 15.4. The average Bonchev–Trinajstić information content (AvgIpc) is 3.02. The molecule has 1 aliphatic heterocycles. The van der Waals surface area contributed by atoms with Crippen molar-refractivity contribution in [3.8, 4) is 5.69 Å². The van der Waals surface area contributed by atoms with E-state index in [2.05, 4.69) is 25.8 Å². The Morgan fingerprint density at radius 2 is 1.81 bits per heavy atom. The first-order chi connectivity index (χ1) is 13.0. The van der Waals surface area contributed by atoms with Gasteiger partial charge in [-0.3, -0.25) is 4.79 Å². The van der Waals surface area contributed by atoms with Gasteiger partial charge in [0.2, 0.25) is 0 Å². The molecule has 7 heteroatoms. The van der Waals surface area contributed by atoms with E-state index >= 15 is 0 Å². The van der Waals surface area contributed by atoms with Gasteiger partial charge in [-0.05, 0) is 38.1 Å². The van der Waals surface area contributed by atoms with Crippen LogP contribution in [-0.2, 0) is 12.8 Å². The van der Waals surface area contributed by atoms with Crippen LogP contribution < -0.4 is 0 Å². The Hall–Kier alpha value is -1.56. The summed E-state index contributed by atoms with van der Waals surface area (Å²) in [5.74, 6) is 0.0923. The zero-order valence-electron chi connectivity index (χ0n) is 16.1. The molecule has 2 heterocycles. The maximum atomic E-state index is 13.4. The molecule has 1 aromatic carbocycles. The lowest BCUT2D eigenvalue weighted by Gasteiger charge is -2.32. The predicted octanol–water partition coefficient (Wildman–Crippen LogP) is 4.08. The minimum absolute atomic E-state index is 0.0923. The Morgan fingerprint density at radius 3 is 2.41 bits per heavy atom. The third-order valence-electron chi connectivity index (χ3n) is 5.03. The van der Waals surface area contributed by atoms with Gasteiger partial charge in [-0.15, -0.1) is 0 Å². The summed E-state index contributed by atoms with van der Waals surface area (Å²) >= 11 is 12.3. The molecular weight excluding hydrogens is 383 g/mol. The number of likely N-dealkylation sites (N-methyl/N-ethyl adjacent to an activating group) is 1. The van der Waals surface area contributed by atoms with Gasteiger partial charge in [-0.2, -0.15) is 5.10 Å². The van der Waals surface area contributed by atoms with Crippen molar-refractivity contribution in [1.82, 2.24) is 19.6 Å². The standard InChI is InChI=1S/C20H26Cl2N4O/c1-4-6-17-19(20(27)25-11-9-24(3)10-12-25)18(5-2)26(23-17)14-7-8-15(21)16(22)13-14/h7-8,13H,4-6,9-12H2,1-3H3. The summed E-state index contributed by atoms with van der Waals surface area (Å²) in [6, 6.07) is 5.46. The van der Waals surface area contributed by atoms with Crippen molar-refractivity contribution >= 4 is 29.1 Å². The van der Waals surface area contributed by atoms with Gasteiger partial charge in [0.25, 0.3) is 5.91 Å². The predicted molar refractivity (Wildman–Crippen MR) is 110 cm³/mol. The third-order valence-corrected chi connectivity index (χ3v) is 5.77. The Morgan fingerprint density at radius 1 is 1.11 bits per heavy atom. The van der Waals surface area contributed by atoms with Crippen molar-refractivity contribution in [3.05, 3.63) is 45.2 Å². The molecule has 1 fully saturated rings. The Bertz CT molecular complexity index is 826. The lowest BCUT2D eigenvalue weighted by Crippen LogP contribution is -2.47. The molecule has 5 nitrogen and oxygen atoms in total. The number of benzene rings is 1. The van der Waals surface area contributed by atoms with E-state index in [4.69, 9.17) is 28.3 Å². The van der Waals surface area contributed by atoms with Crippen molar-refractivity contribution in [2.75, 3.05) is 33.2 Å². The van der Waals surface area contributed by atoms with Gasteiger partial charge in [0.1, 0.15) is 0 Å². The number of halogens is 2. The molecule has 27 heavy (non-hydrogen) atoms.